The smallest absolute Gasteiger partial charge is 0.193 e. The predicted octanol–water partition coefficient (Wildman–Crippen LogP) is 4.48. The molecule has 0 saturated carbocycles. The number of carbonyl (C=O) groups excluding carboxylic acids is 1. The Morgan fingerprint density at radius 3 is 1.62 bits per heavy atom. The fraction of sp³-hybridized carbons (Fsp3) is 0.316. The highest BCUT2D eigenvalue weighted by molar-refractivity contribution is 6.08. The minimum Gasteiger partial charge on any atom is -0.393 e. The number of hydrogen-bond donors (Lipinski definition) is 1. The van der Waals surface area contributed by atoms with E-state index in [-0.39, 0.29) is 11.9 Å². The number of hydrogen-bond acceptors (Lipinski definition) is 2. The molecule has 0 radical (unpaired) electrons. The molecule has 0 saturated heterocycles. The van der Waals surface area contributed by atoms with E-state index in [4.69, 9.17) is 5.11 Å². The van der Waals surface area contributed by atoms with E-state index in [1.165, 1.54) is 0 Å². The maximum atomic E-state index is 11.8. The summed E-state index contributed by atoms with van der Waals surface area (Å²) in [5.41, 5.74) is 1.47. The summed E-state index contributed by atoms with van der Waals surface area (Å²) in [7, 11) is 0. The van der Waals surface area contributed by atoms with Crippen molar-refractivity contribution in [2.75, 3.05) is 0 Å². The molecule has 21 heavy (non-hydrogen) atoms. The highest BCUT2D eigenvalue weighted by Crippen LogP contribution is 2.08. The summed E-state index contributed by atoms with van der Waals surface area (Å²) < 4.78 is 0. The number of rotatable bonds is 5. The summed E-state index contributed by atoms with van der Waals surface area (Å²) in [5, 5.41) is 8.86. The van der Waals surface area contributed by atoms with Crippen molar-refractivity contribution in [2.45, 2.75) is 39.2 Å². The van der Waals surface area contributed by atoms with Crippen LogP contribution >= 0.6 is 0 Å². The van der Waals surface area contributed by atoms with Gasteiger partial charge in [-0.25, -0.2) is 0 Å². The molecule has 0 aliphatic carbocycles. The van der Waals surface area contributed by atoms with Crippen LogP contribution in [0.4, 0.5) is 0 Å². The highest BCUT2D eigenvalue weighted by Gasteiger charge is 2.06. The van der Waals surface area contributed by atoms with Gasteiger partial charge in [0.1, 0.15) is 0 Å². The second kappa shape index (κ2) is 9.89. The van der Waals surface area contributed by atoms with Gasteiger partial charge < -0.3 is 5.11 Å². The van der Waals surface area contributed by atoms with Gasteiger partial charge in [-0.1, -0.05) is 80.9 Å². The molecular weight excluding hydrogens is 260 g/mol. The van der Waals surface area contributed by atoms with Crippen molar-refractivity contribution in [3.63, 3.8) is 0 Å². The van der Waals surface area contributed by atoms with Crippen molar-refractivity contribution in [1.82, 2.24) is 0 Å². The topological polar surface area (TPSA) is 37.3 Å². The molecule has 2 heteroatoms. The molecule has 0 aromatic heterocycles. The van der Waals surface area contributed by atoms with Crippen LogP contribution in [0.1, 0.15) is 49.0 Å². The van der Waals surface area contributed by atoms with Crippen LogP contribution in [0.5, 0.6) is 0 Å². The summed E-state index contributed by atoms with van der Waals surface area (Å²) in [6.07, 6.45) is 2.89. The minimum atomic E-state index is -0.0509. The molecule has 0 amide bonds. The Balaban J connectivity index is 0.000000270. The maximum Gasteiger partial charge on any atom is 0.193 e. The number of ketones is 1. The lowest BCUT2D eigenvalue weighted by Gasteiger charge is -2.01. The second-order valence-corrected chi connectivity index (χ2v) is 4.91. The van der Waals surface area contributed by atoms with Crippen LogP contribution in [0.15, 0.2) is 60.7 Å². The Morgan fingerprint density at radius 2 is 1.33 bits per heavy atom. The normalized spacial score (nSPS) is 11.2. The van der Waals surface area contributed by atoms with Crippen LogP contribution in [0.3, 0.4) is 0 Å². The third kappa shape index (κ3) is 6.37. The van der Waals surface area contributed by atoms with E-state index in [0.29, 0.717) is 0 Å². The molecule has 1 atom stereocenters. The Hall–Kier alpha value is -1.93. The van der Waals surface area contributed by atoms with Crippen LogP contribution < -0.4 is 0 Å². The number of benzene rings is 2. The van der Waals surface area contributed by atoms with Gasteiger partial charge in [0.05, 0.1) is 6.10 Å². The number of aliphatic hydroxyl groups is 1. The second-order valence-electron chi connectivity index (χ2n) is 4.91. The molecule has 2 nitrogen and oxygen atoms in total. The molecular formula is C19H24O2. The lowest BCUT2D eigenvalue weighted by atomic mass is 10.0. The minimum absolute atomic E-state index is 0.0509. The number of aliphatic hydroxyl groups excluding tert-OH is 1. The van der Waals surface area contributed by atoms with Gasteiger partial charge >= 0.3 is 0 Å². The van der Waals surface area contributed by atoms with Gasteiger partial charge in [0.2, 0.25) is 0 Å². The molecule has 0 spiro atoms. The van der Waals surface area contributed by atoms with Crippen LogP contribution in [0.2, 0.25) is 0 Å². The fourth-order valence-corrected chi connectivity index (χ4v) is 1.88. The van der Waals surface area contributed by atoms with Gasteiger partial charge in [-0.15, -0.1) is 0 Å². The quantitative estimate of drug-likeness (QED) is 0.822. The van der Waals surface area contributed by atoms with Crippen LogP contribution in [0.25, 0.3) is 0 Å². The first-order chi connectivity index (χ1) is 10.2. The summed E-state index contributed by atoms with van der Waals surface area (Å²) in [4.78, 5) is 11.8. The van der Waals surface area contributed by atoms with Crippen LogP contribution in [-0.2, 0) is 0 Å². The summed E-state index contributed by atoms with van der Waals surface area (Å²) in [6, 6.07) is 18.6. The van der Waals surface area contributed by atoms with E-state index >= 15 is 0 Å². The van der Waals surface area contributed by atoms with Gasteiger partial charge in [0.25, 0.3) is 0 Å². The van der Waals surface area contributed by atoms with Crippen LogP contribution in [0, 0.1) is 0 Å². The average molecular weight is 284 g/mol. The van der Waals surface area contributed by atoms with E-state index < -0.39 is 0 Å². The van der Waals surface area contributed by atoms with Crippen molar-refractivity contribution in [3.05, 3.63) is 71.8 Å². The van der Waals surface area contributed by atoms with Crippen molar-refractivity contribution in [2.24, 2.45) is 0 Å². The molecule has 2 rings (SSSR count). The first-order valence-electron chi connectivity index (χ1n) is 7.51. The van der Waals surface area contributed by atoms with Gasteiger partial charge in [-0.2, -0.15) is 0 Å². The van der Waals surface area contributed by atoms with Gasteiger partial charge in [-0.3, -0.25) is 4.79 Å². The third-order valence-corrected chi connectivity index (χ3v) is 3.17. The zero-order valence-corrected chi connectivity index (χ0v) is 12.8. The zero-order chi connectivity index (χ0) is 15.5. The zero-order valence-electron chi connectivity index (χ0n) is 12.8. The molecule has 2 aromatic rings. The molecule has 0 heterocycles. The monoisotopic (exact) mass is 284 g/mol. The van der Waals surface area contributed by atoms with E-state index in [2.05, 4.69) is 6.92 Å². The Morgan fingerprint density at radius 1 is 0.905 bits per heavy atom. The largest absolute Gasteiger partial charge is 0.393 e. The van der Waals surface area contributed by atoms with E-state index in [0.717, 1.165) is 30.4 Å². The molecule has 0 bridgehead atoms. The lowest BCUT2D eigenvalue weighted by Crippen LogP contribution is -2.01. The Kier molecular flexibility index (Phi) is 8.07. The summed E-state index contributed by atoms with van der Waals surface area (Å²) in [5.74, 6) is 0.0752. The van der Waals surface area contributed by atoms with Gasteiger partial charge in [0.15, 0.2) is 5.78 Å². The van der Waals surface area contributed by atoms with Crippen molar-refractivity contribution >= 4 is 5.78 Å². The first kappa shape index (κ1) is 17.1. The first-order valence-corrected chi connectivity index (χ1v) is 7.51. The maximum absolute atomic E-state index is 11.8. The predicted molar refractivity (Wildman–Crippen MR) is 87.5 cm³/mol. The van der Waals surface area contributed by atoms with E-state index in [1.807, 2.05) is 67.6 Å². The molecule has 0 fully saturated rings. The third-order valence-electron chi connectivity index (χ3n) is 3.17. The Bertz CT molecular complexity index is 464. The molecule has 2 aromatic carbocycles. The molecule has 0 aliphatic rings. The van der Waals surface area contributed by atoms with E-state index in [9.17, 15) is 4.79 Å². The van der Waals surface area contributed by atoms with Crippen molar-refractivity contribution < 1.29 is 9.90 Å². The van der Waals surface area contributed by atoms with Gasteiger partial charge in [-0.05, 0) is 12.8 Å². The molecule has 0 aliphatic heterocycles. The van der Waals surface area contributed by atoms with Crippen molar-refractivity contribution in [1.29, 1.82) is 0 Å². The molecule has 1 unspecified atom stereocenters. The fourth-order valence-electron chi connectivity index (χ4n) is 1.88. The standard InChI is InChI=1S/C13H10O.C6H14O/c14-13(11-7-3-1-4-8-11)12-9-5-2-6-10-12;1-3-5-6(7)4-2/h1-10H;6-7H,3-5H2,1-2H3. The number of carbonyl (C=O) groups is 1. The SMILES string of the molecule is CCCC(O)CC.O=C(c1ccccc1)c1ccccc1. The summed E-state index contributed by atoms with van der Waals surface area (Å²) >= 11 is 0. The van der Waals surface area contributed by atoms with Gasteiger partial charge in [0, 0.05) is 11.1 Å². The van der Waals surface area contributed by atoms with Crippen LogP contribution in [-0.4, -0.2) is 17.0 Å². The summed E-state index contributed by atoms with van der Waals surface area (Å²) in [6.45, 7) is 4.08. The van der Waals surface area contributed by atoms with E-state index in [1.54, 1.807) is 0 Å². The highest BCUT2D eigenvalue weighted by atomic mass is 16.3. The molecule has 1 N–H and O–H groups in total. The lowest BCUT2D eigenvalue weighted by molar-refractivity contribution is 0.103. The van der Waals surface area contributed by atoms with Crippen molar-refractivity contribution in [3.8, 4) is 0 Å². The average Bonchev–Trinajstić information content (AvgIpc) is 2.56. The molecule has 112 valence electrons. The Labute approximate surface area is 127 Å².